The summed E-state index contributed by atoms with van der Waals surface area (Å²) in [6.07, 6.45) is 5.27. The standard InChI is InChI=1S/C18H16ClFN2O2/c19-14-7-12(20)4-5-13(14)16-11(8-21)9-22-15(17(16)18(23)24)6-3-10-1-2-10/h4-5,7,9-10,16-17H,1-3,6H2,(H,23,24). The average molecular weight is 347 g/mol. The highest BCUT2D eigenvalue weighted by Gasteiger charge is 2.40. The molecule has 0 aromatic heterocycles. The molecule has 1 aliphatic heterocycles. The van der Waals surface area contributed by atoms with Crippen molar-refractivity contribution < 1.29 is 14.3 Å². The van der Waals surface area contributed by atoms with Crippen molar-refractivity contribution in [3.05, 3.63) is 46.4 Å². The summed E-state index contributed by atoms with van der Waals surface area (Å²) in [4.78, 5) is 16.2. The highest BCUT2D eigenvalue weighted by atomic mass is 35.5. The summed E-state index contributed by atoms with van der Waals surface area (Å²) in [6, 6.07) is 5.83. The van der Waals surface area contributed by atoms with Crippen LogP contribution >= 0.6 is 11.6 Å². The Morgan fingerprint density at radius 3 is 2.79 bits per heavy atom. The number of rotatable bonds is 5. The molecule has 2 unspecified atom stereocenters. The zero-order chi connectivity index (χ0) is 17.3. The third-order valence-corrected chi connectivity index (χ3v) is 4.92. The highest BCUT2D eigenvalue weighted by molar-refractivity contribution is 6.31. The van der Waals surface area contributed by atoms with Gasteiger partial charge in [-0.15, -0.1) is 0 Å². The summed E-state index contributed by atoms with van der Waals surface area (Å²) in [5.74, 6) is -2.60. The molecule has 1 aromatic carbocycles. The molecule has 3 rings (SSSR count). The normalized spacial score (nSPS) is 23.2. The molecule has 1 saturated carbocycles. The van der Waals surface area contributed by atoms with Crippen LogP contribution in [0.2, 0.25) is 5.02 Å². The fourth-order valence-corrected chi connectivity index (χ4v) is 3.43. The van der Waals surface area contributed by atoms with E-state index in [4.69, 9.17) is 11.6 Å². The van der Waals surface area contributed by atoms with E-state index in [2.05, 4.69) is 4.99 Å². The summed E-state index contributed by atoms with van der Waals surface area (Å²) >= 11 is 6.13. The monoisotopic (exact) mass is 346 g/mol. The molecule has 0 bridgehead atoms. The first-order valence-corrected chi connectivity index (χ1v) is 8.23. The molecular formula is C18H16ClFN2O2. The number of aliphatic imine (C=N–C) groups is 1. The minimum atomic E-state index is -1.05. The second kappa shape index (κ2) is 6.74. The number of nitrogens with zero attached hydrogens (tertiary/aromatic N) is 2. The SMILES string of the molecule is N#CC1=CN=C(CCC2CC2)C(C(=O)O)C1c1ccc(F)cc1Cl. The van der Waals surface area contributed by atoms with Crippen molar-refractivity contribution in [3.8, 4) is 6.07 Å². The molecule has 1 fully saturated rings. The maximum absolute atomic E-state index is 13.3. The van der Waals surface area contributed by atoms with Crippen LogP contribution in [0, 0.1) is 29.0 Å². The van der Waals surface area contributed by atoms with E-state index >= 15 is 0 Å². The van der Waals surface area contributed by atoms with Gasteiger partial charge in [-0.2, -0.15) is 5.26 Å². The van der Waals surface area contributed by atoms with Gasteiger partial charge in [-0.05, 0) is 36.5 Å². The van der Waals surface area contributed by atoms with Crippen LogP contribution in [0.3, 0.4) is 0 Å². The molecular weight excluding hydrogens is 331 g/mol. The van der Waals surface area contributed by atoms with Gasteiger partial charge in [-0.3, -0.25) is 9.79 Å². The number of carboxylic acid groups (broad SMARTS) is 1. The average Bonchev–Trinajstić information content (AvgIpc) is 3.36. The first-order chi connectivity index (χ1) is 11.5. The fraction of sp³-hybridized carbons (Fsp3) is 0.389. The van der Waals surface area contributed by atoms with Crippen LogP contribution in [0.1, 0.15) is 37.2 Å². The topological polar surface area (TPSA) is 73.5 Å². The van der Waals surface area contributed by atoms with E-state index in [-0.39, 0.29) is 10.6 Å². The maximum Gasteiger partial charge on any atom is 0.313 e. The number of carboxylic acids is 1. The van der Waals surface area contributed by atoms with Gasteiger partial charge in [0.1, 0.15) is 11.7 Å². The molecule has 0 saturated heterocycles. The van der Waals surface area contributed by atoms with Crippen molar-refractivity contribution >= 4 is 23.3 Å². The van der Waals surface area contributed by atoms with Crippen LogP contribution in [-0.4, -0.2) is 16.8 Å². The Morgan fingerprint density at radius 1 is 1.46 bits per heavy atom. The van der Waals surface area contributed by atoms with Gasteiger partial charge in [0.25, 0.3) is 0 Å². The molecule has 1 N–H and O–H groups in total. The van der Waals surface area contributed by atoms with E-state index in [1.807, 2.05) is 6.07 Å². The number of nitriles is 1. The van der Waals surface area contributed by atoms with Gasteiger partial charge in [-0.1, -0.05) is 30.5 Å². The summed E-state index contributed by atoms with van der Waals surface area (Å²) in [6.45, 7) is 0. The molecule has 6 heteroatoms. The Balaban J connectivity index is 2.00. The van der Waals surface area contributed by atoms with Crippen molar-refractivity contribution in [1.29, 1.82) is 5.26 Å². The van der Waals surface area contributed by atoms with E-state index in [1.165, 1.54) is 31.2 Å². The Labute approximate surface area is 144 Å². The molecule has 124 valence electrons. The minimum Gasteiger partial charge on any atom is -0.481 e. The number of allylic oxidation sites excluding steroid dienone is 1. The summed E-state index contributed by atoms with van der Waals surface area (Å²) in [5, 5.41) is 19.3. The van der Waals surface area contributed by atoms with E-state index in [9.17, 15) is 19.6 Å². The van der Waals surface area contributed by atoms with Crippen LogP contribution in [0.25, 0.3) is 0 Å². The molecule has 1 aromatic rings. The molecule has 0 radical (unpaired) electrons. The predicted octanol–water partition coefficient (Wildman–Crippen LogP) is 4.32. The predicted molar refractivity (Wildman–Crippen MR) is 88.4 cm³/mol. The third-order valence-electron chi connectivity index (χ3n) is 4.60. The number of carbonyl (C=O) groups is 1. The first kappa shape index (κ1) is 16.7. The van der Waals surface area contributed by atoms with Gasteiger partial charge in [0.05, 0.1) is 11.6 Å². The van der Waals surface area contributed by atoms with Crippen LogP contribution in [0.15, 0.2) is 35.0 Å². The lowest BCUT2D eigenvalue weighted by atomic mass is 9.76. The molecule has 0 amide bonds. The second-order valence-electron chi connectivity index (χ2n) is 6.26. The van der Waals surface area contributed by atoms with Gasteiger partial charge in [0, 0.05) is 22.9 Å². The number of aliphatic carboxylic acids is 1. The number of hydrogen-bond acceptors (Lipinski definition) is 3. The largest absolute Gasteiger partial charge is 0.481 e. The van der Waals surface area contributed by atoms with Crippen LogP contribution in [0.5, 0.6) is 0 Å². The fourth-order valence-electron chi connectivity index (χ4n) is 3.15. The lowest BCUT2D eigenvalue weighted by Crippen LogP contribution is -2.33. The van der Waals surface area contributed by atoms with Crippen LogP contribution in [0.4, 0.5) is 4.39 Å². The van der Waals surface area contributed by atoms with Crippen LogP contribution < -0.4 is 0 Å². The first-order valence-electron chi connectivity index (χ1n) is 7.85. The van der Waals surface area contributed by atoms with Crippen molar-refractivity contribution in [2.45, 2.75) is 31.6 Å². The second-order valence-corrected chi connectivity index (χ2v) is 6.67. The number of hydrogen-bond donors (Lipinski definition) is 1. The minimum absolute atomic E-state index is 0.121. The van der Waals surface area contributed by atoms with Gasteiger partial charge in [0.2, 0.25) is 0 Å². The summed E-state index contributed by atoms with van der Waals surface area (Å²) in [5.41, 5.74) is 1.22. The zero-order valence-corrected chi connectivity index (χ0v) is 13.6. The smallest absolute Gasteiger partial charge is 0.313 e. The number of halogens is 2. The third kappa shape index (κ3) is 3.34. The highest BCUT2D eigenvalue weighted by Crippen LogP contribution is 2.41. The van der Waals surface area contributed by atoms with E-state index < -0.39 is 23.6 Å². The molecule has 0 spiro atoms. The molecule has 2 atom stereocenters. The van der Waals surface area contributed by atoms with Crippen LogP contribution in [-0.2, 0) is 4.79 Å². The lowest BCUT2D eigenvalue weighted by molar-refractivity contribution is -0.139. The quantitative estimate of drug-likeness (QED) is 0.863. The van der Waals surface area contributed by atoms with Crippen molar-refractivity contribution in [1.82, 2.24) is 0 Å². The Morgan fingerprint density at radius 2 is 2.21 bits per heavy atom. The molecule has 4 nitrogen and oxygen atoms in total. The Hall–Kier alpha value is -2.19. The van der Waals surface area contributed by atoms with E-state index in [1.54, 1.807) is 0 Å². The van der Waals surface area contributed by atoms with Gasteiger partial charge in [-0.25, -0.2) is 4.39 Å². The summed E-state index contributed by atoms with van der Waals surface area (Å²) < 4.78 is 13.3. The Kier molecular flexibility index (Phi) is 4.68. The molecule has 24 heavy (non-hydrogen) atoms. The molecule has 1 aliphatic carbocycles. The van der Waals surface area contributed by atoms with E-state index in [0.29, 0.717) is 23.6 Å². The van der Waals surface area contributed by atoms with Crippen molar-refractivity contribution in [2.75, 3.05) is 0 Å². The van der Waals surface area contributed by atoms with Gasteiger partial charge in [0.15, 0.2) is 0 Å². The van der Waals surface area contributed by atoms with E-state index in [0.717, 1.165) is 12.5 Å². The molecule has 2 aliphatic rings. The lowest BCUT2D eigenvalue weighted by Gasteiger charge is -2.28. The zero-order valence-electron chi connectivity index (χ0n) is 12.9. The maximum atomic E-state index is 13.3. The Bertz CT molecular complexity index is 778. The van der Waals surface area contributed by atoms with Gasteiger partial charge < -0.3 is 5.11 Å². The van der Waals surface area contributed by atoms with Gasteiger partial charge >= 0.3 is 5.97 Å². The number of benzene rings is 1. The summed E-state index contributed by atoms with van der Waals surface area (Å²) in [7, 11) is 0. The van der Waals surface area contributed by atoms with Crippen molar-refractivity contribution in [2.24, 2.45) is 16.8 Å². The van der Waals surface area contributed by atoms with Crippen molar-refractivity contribution in [3.63, 3.8) is 0 Å². The molecule has 1 heterocycles.